The van der Waals surface area contributed by atoms with Crippen LogP contribution in [0.2, 0.25) is 5.02 Å². The Kier molecular flexibility index (Phi) is 7.18. The fourth-order valence-corrected chi connectivity index (χ4v) is 6.54. The fourth-order valence-electron chi connectivity index (χ4n) is 3.64. The zero-order valence-corrected chi connectivity index (χ0v) is 20.5. The second-order valence-corrected chi connectivity index (χ2v) is 12.0. The van der Waals surface area contributed by atoms with E-state index in [1.807, 2.05) is 0 Å². The average Bonchev–Trinajstić information content (AvgIpc) is 3.26. The summed E-state index contributed by atoms with van der Waals surface area (Å²) in [7, 11) is -7.36. The van der Waals surface area contributed by atoms with Crippen LogP contribution in [0.1, 0.15) is 25.3 Å². The smallest absolute Gasteiger partial charge is 0.247 e. The topological polar surface area (TPSA) is 104 Å². The van der Waals surface area contributed by atoms with E-state index in [4.69, 9.17) is 11.6 Å². The molecule has 0 aliphatic carbocycles. The standard InChI is InChI=1S/C21H26ClN3O5S2/c1-15-6-7-17(22)14-20(15)25(31(3,27)28)16(2)21(26)23-18-8-10-19(11-9-18)32(29,30)24-12-4-5-13-24/h6-11,14,16H,4-5,12-13H2,1-3H3,(H,23,26). The summed E-state index contributed by atoms with van der Waals surface area (Å²) in [6.45, 7) is 4.21. The summed E-state index contributed by atoms with van der Waals surface area (Å²) in [4.78, 5) is 13.0. The molecular weight excluding hydrogens is 474 g/mol. The number of hydrogen-bond acceptors (Lipinski definition) is 5. The first-order valence-corrected chi connectivity index (χ1v) is 13.7. The molecule has 1 unspecified atom stereocenters. The van der Waals surface area contributed by atoms with Gasteiger partial charge in [0.05, 0.1) is 16.8 Å². The minimum Gasteiger partial charge on any atom is -0.324 e. The molecule has 0 bridgehead atoms. The van der Waals surface area contributed by atoms with Crippen LogP contribution in [0.5, 0.6) is 0 Å². The molecule has 2 aromatic carbocycles. The molecule has 32 heavy (non-hydrogen) atoms. The highest BCUT2D eigenvalue weighted by Gasteiger charge is 2.31. The van der Waals surface area contributed by atoms with E-state index in [0.29, 0.717) is 35.1 Å². The van der Waals surface area contributed by atoms with Gasteiger partial charge in [0.15, 0.2) is 0 Å². The highest BCUT2D eigenvalue weighted by molar-refractivity contribution is 7.92. The molecule has 3 rings (SSSR count). The summed E-state index contributed by atoms with van der Waals surface area (Å²) in [6.07, 6.45) is 2.71. The first-order valence-electron chi connectivity index (χ1n) is 10.1. The molecule has 8 nitrogen and oxygen atoms in total. The molecular formula is C21H26ClN3O5S2. The minimum atomic E-state index is -3.80. The zero-order valence-electron chi connectivity index (χ0n) is 18.1. The number of amides is 1. The number of sulfonamides is 2. The number of benzene rings is 2. The van der Waals surface area contributed by atoms with Gasteiger partial charge in [0.25, 0.3) is 0 Å². The number of rotatable bonds is 7. The van der Waals surface area contributed by atoms with E-state index < -0.39 is 32.0 Å². The molecule has 1 heterocycles. The molecule has 0 radical (unpaired) electrons. The highest BCUT2D eigenvalue weighted by atomic mass is 35.5. The van der Waals surface area contributed by atoms with Crippen molar-refractivity contribution in [2.75, 3.05) is 29.0 Å². The molecule has 1 aliphatic rings. The second-order valence-electron chi connectivity index (χ2n) is 7.79. The normalized spacial score (nSPS) is 16.0. The van der Waals surface area contributed by atoms with Gasteiger partial charge in [-0.2, -0.15) is 4.31 Å². The van der Waals surface area contributed by atoms with Crippen molar-refractivity contribution in [3.05, 3.63) is 53.1 Å². The van der Waals surface area contributed by atoms with Crippen LogP contribution in [0.25, 0.3) is 0 Å². The van der Waals surface area contributed by atoms with Crippen molar-refractivity contribution < 1.29 is 21.6 Å². The Morgan fingerprint density at radius 3 is 2.22 bits per heavy atom. The number of anilines is 2. The van der Waals surface area contributed by atoms with Crippen LogP contribution < -0.4 is 9.62 Å². The van der Waals surface area contributed by atoms with Crippen molar-refractivity contribution in [2.45, 2.75) is 37.6 Å². The Hall–Kier alpha value is -2.14. The zero-order chi connectivity index (χ0) is 23.7. The first-order chi connectivity index (χ1) is 14.9. The van der Waals surface area contributed by atoms with Gasteiger partial charge in [-0.15, -0.1) is 0 Å². The minimum absolute atomic E-state index is 0.151. The third kappa shape index (κ3) is 5.25. The third-order valence-electron chi connectivity index (χ3n) is 5.32. The quantitative estimate of drug-likeness (QED) is 0.629. The van der Waals surface area contributed by atoms with Crippen LogP contribution in [0, 0.1) is 6.92 Å². The summed E-state index contributed by atoms with van der Waals surface area (Å²) < 4.78 is 52.8. The summed E-state index contributed by atoms with van der Waals surface area (Å²) in [6, 6.07) is 9.59. The predicted octanol–water partition coefficient (Wildman–Crippen LogP) is 3.23. The van der Waals surface area contributed by atoms with Gasteiger partial charge in [-0.1, -0.05) is 17.7 Å². The Morgan fingerprint density at radius 2 is 1.66 bits per heavy atom. The van der Waals surface area contributed by atoms with Gasteiger partial charge in [0.2, 0.25) is 26.0 Å². The molecule has 0 aromatic heterocycles. The molecule has 1 amide bonds. The summed E-state index contributed by atoms with van der Waals surface area (Å²) in [5.74, 6) is -0.565. The number of carbonyl (C=O) groups excluding carboxylic acids is 1. The van der Waals surface area contributed by atoms with E-state index in [1.54, 1.807) is 19.1 Å². The second kappa shape index (κ2) is 9.38. The van der Waals surface area contributed by atoms with E-state index in [9.17, 15) is 21.6 Å². The molecule has 1 N–H and O–H groups in total. The van der Waals surface area contributed by atoms with Crippen molar-refractivity contribution in [1.82, 2.24) is 4.31 Å². The Labute approximate surface area is 194 Å². The number of nitrogens with one attached hydrogen (secondary N) is 1. The molecule has 1 fully saturated rings. The Balaban J connectivity index is 1.81. The van der Waals surface area contributed by atoms with E-state index >= 15 is 0 Å². The molecule has 1 saturated heterocycles. The summed E-state index contributed by atoms with van der Waals surface area (Å²) >= 11 is 6.05. The third-order valence-corrected chi connectivity index (χ3v) is 8.70. The molecule has 1 aliphatic heterocycles. The largest absolute Gasteiger partial charge is 0.324 e. The van der Waals surface area contributed by atoms with E-state index in [1.165, 1.54) is 41.6 Å². The number of hydrogen-bond donors (Lipinski definition) is 1. The van der Waals surface area contributed by atoms with Gasteiger partial charge in [0, 0.05) is 23.8 Å². The van der Waals surface area contributed by atoms with Gasteiger partial charge < -0.3 is 5.32 Å². The number of halogens is 1. The lowest BCUT2D eigenvalue weighted by Gasteiger charge is -2.29. The SMILES string of the molecule is Cc1ccc(Cl)cc1N(C(C)C(=O)Nc1ccc(S(=O)(=O)N2CCCC2)cc1)S(C)(=O)=O. The van der Waals surface area contributed by atoms with Crippen LogP contribution >= 0.6 is 11.6 Å². The van der Waals surface area contributed by atoms with Crippen molar-refractivity contribution >= 4 is 48.9 Å². The maximum atomic E-state index is 12.9. The molecule has 0 saturated carbocycles. The monoisotopic (exact) mass is 499 g/mol. The lowest BCUT2D eigenvalue weighted by atomic mass is 10.1. The van der Waals surface area contributed by atoms with Crippen molar-refractivity contribution in [2.24, 2.45) is 0 Å². The first kappa shape index (κ1) is 24.5. The molecule has 174 valence electrons. The average molecular weight is 500 g/mol. The summed E-state index contributed by atoms with van der Waals surface area (Å²) in [5.41, 5.74) is 1.32. The van der Waals surface area contributed by atoms with Crippen LogP contribution in [-0.2, 0) is 24.8 Å². The summed E-state index contributed by atoms with van der Waals surface area (Å²) in [5, 5.41) is 3.01. The number of nitrogens with zero attached hydrogens (tertiary/aromatic N) is 2. The van der Waals surface area contributed by atoms with Crippen molar-refractivity contribution in [1.29, 1.82) is 0 Å². The Morgan fingerprint density at radius 1 is 1.06 bits per heavy atom. The highest BCUT2D eigenvalue weighted by Crippen LogP contribution is 2.29. The van der Waals surface area contributed by atoms with E-state index in [0.717, 1.165) is 23.4 Å². The molecule has 11 heteroatoms. The van der Waals surface area contributed by atoms with Gasteiger partial charge >= 0.3 is 0 Å². The number of carbonyl (C=O) groups is 1. The molecule has 1 atom stereocenters. The Bertz CT molecular complexity index is 1210. The van der Waals surface area contributed by atoms with E-state index in [-0.39, 0.29) is 4.90 Å². The van der Waals surface area contributed by atoms with Gasteiger partial charge in [-0.05, 0) is 68.7 Å². The lowest BCUT2D eigenvalue weighted by Crippen LogP contribution is -2.45. The molecule has 2 aromatic rings. The van der Waals surface area contributed by atoms with Gasteiger partial charge in [-0.25, -0.2) is 16.8 Å². The van der Waals surface area contributed by atoms with Gasteiger partial charge in [0.1, 0.15) is 6.04 Å². The van der Waals surface area contributed by atoms with Crippen LogP contribution in [-0.4, -0.2) is 52.4 Å². The van der Waals surface area contributed by atoms with Gasteiger partial charge in [-0.3, -0.25) is 9.10 Å². The fraction of sp³-hybridized carbons (Fsp3) is 0.381. The van der Waals surface area contributed by atoms with E-state index in [2.05, 4.69) is 5.32 Å². The van der Waals surface area contributed by atoms with Crippen molar-refractivity contribution in [3.63, 3.8) is 0 Å². The predicted molar refractivity (Wildman–Crippen MR) is 126 cm³/mol. The lowest BCUT2D eigenvalue weighted by molar-refractivity contribution is -0.116. The van der Waals surface area contributed by atoms with Crippen LogP contribution in [0.15, 0.2) is 47.4 Å². The van der Waals surface area contributed by atoms with Crippen molar-refractivity contribution in [3.8, 4) is 0 Å². The maximum absolute atomic E-state index is 12.9. The number of aryl methyl sites for hydroxylation is 1. The van der Waals surface area contributed by atoms with Crippen LogP contribution in [0.3, 0.4) is 0 Å². The molecule has 0 spiro atoms. The van der Waals surface area contributed by atoms with Crippen LogP contribution in [0.4, 0.5) is 11.4 Å². The maximum Gasteiger partial charge on any atom is 0.247 e.